The van der Waals surface area contributed by atoms with E-state index in [-0.39, 0.29) is 23.8 Å². The maximum Gasteiger partial charge on any atom is 0.253 e. The predicted molar refractivity (Wildman–Crippen MR) is 106 cm³/mol. The predicted octanol–water partition coefficient (Wildman–Crippen LogP) is 3.21. The fraction of sp³-hybridized carbons (Fsp3) is 0.150. The molecule has 0 bridgehead atoms. The summed E-state index contributed by atoms with van der Waals surface area (Å²) >= 11 is 0. The molecule has 3 aromatic rings. The Labute approximate surface area is 157 Å². The third-order valence-electron chi connectivity index (χ3n) is 3.69. The quantitative estimate of drug-likeness (QED) is 0.473. The van der Waals surface area contributed by atoms with E-state index in [4.69, 9.17) is 16.2 Å². The van der Waals surface area contributed by atoms with Gasteiger partial charge in [0, 0.05) is 23.4 Å². The number of aromatic nitrogens is 2. The summed E-state index contributed by atoms with van der Waals surface area (Å²) in [6.07, 6.45) is 1.64. The summed E-state index contributed by atoms with van der Waals surface area (Å²) in [5, 5.41) is 10.6. The number of hydrogen-bond donors (Lipinski definition) is 3. The zero-order valence-corrected chi connectivity index (χ0v) is 15.1. The molecule has 5 N–H and O–H groups in total. The summed E-state index contributed by atoms with van der Waals surface area (Å²) in [7, 11) is 0. The first-order valence-corrected chi connectivity index (χ1v) is 8.46. The minimum absolute atomic E-state index is 0.00245. The van der Waals surface area contributed by atoms with Crippen molar-refractivity contribution in [1.29, 1.82) is 0 Å². The summed E-state index contributed by atoms with van der Waals surface area (Å²) in [5.74, 6) is 0.593. The molecule has 0 atom stereocenters. The number of hydrogen-bond acceptors (Lipinski definition) is 5. The molecule has 7 nitrogen and oxygen atoms in total. The number of ether oxygens (including phenoxy) is 1. The van der Waals surface area contributed by atoms with Crippen LogP contribution in [0, 0.1) is 0 Å². The zero-order valence-electron chi connectivity index (χ0n) is 15.1. The fourth-order valence-corrected chi connectivity index (χ4v) is 2.63. The summed E-state index contributed by atoms with van der Waals surface area (Å²) in [5.41, 5.74) is 13.6. The number of aliphatic imine (C=N–C) groups is 1. The van der Waals surface area contributed by atoms with Crippen LogP contribution in [0.5, 0.6) is 11.5 Å². The van der Waals surface area contributed by atoms with E-state index in [1.807, 2.05) is 44.2 Å². The molecule has 0 aliphatic rings. The van der Waals surface area contributed by atoms with Crippen LogP contribution < -0.4 is 16.2 Å². The fourth-order valence-electron chi connectivity index (χ4n) is 2.63. The Morgan fingerprint density at radius 2 is 1.81 bits per heavy atom. The van der Waals surface area contributed by atoms with Gasteiger partial charge in [-0.15, -0.1) is 0 Å². The van der Waals surface area contributed by atoms with E-state index in [0.29, 0.717) is 17.0 Å². The molecule has 0 aliphatic carbocycles. The Bertz CT molecular complexity index is 967. The smallest absolute Gasteiger partial charge is 0.253 e. The van der Waals surface area contributed by atoms with E-state index in [0.717, 1.165) is 11.1 Å². The Kier molecular flexibility index (Phi) is 5.21. The summed E-state index contributed by atoms with van der Waals surface area (Å²) in [6.45, 7) is 3.84. The van der Waals surface area contributed by atoms with Gasteiger partial charge in [-0.25, -0.2) is 9.97 Å². The van der Waals surface area contributed by atoms with Gasteiger partial charge in [0.2, 0.25) is 0 Å². The van der Waals surface area contributed by atoms with Gasteiger partial charge >= 0.3 is 0 Å². The number of rotatable bonds is 5. The Hall–Kier alpha value is -3.61. The number of phenolic OH excluding ortho intramolecular Hbond substituents is 1. The van der Waals surface area contributed by atoms with E-state index >= 15 is 0 Å². The van der Waals surface area contributed by atoms with Crippen LogP contribution in [0.2, 0.25) is 0 Å². The second-order valence-corrected chi connectivity index (χ2v) is 6.18. The monoisotopic (exact) mass is 363 g/mol. The SMILES string of the molecule is CC(C)Oc1ccc(-c2nc(N=C(N)N)ncc2-c2ccccc2)c(O)c1. The lowest BCUT2D eigenvalue weighted by molar-refractivity contribution is 0.241. The van der Waals surface area contributed by atoms with Gasteiger partial charge in [0.25, 0.3) is 5.95 Å². The lowest BCUT2D eigenvalue weighted by atomic mass is 10.00. The number of benzene rings is 2. The number of phenols is 1. The second-order valence-electron chi connectivity index (χ2n) is 6.18. The van der Waals surface area contributed by atoms with Crippen molar-refractivity contribution in [3.8, 4) is 33.9 Å². The molecule has 0 saturated heterocycles. The highest BCUT2D eigenvalue weighted by Gasteiger charge is 2.16. The molecule has 0 unspecified atom stereocenters. The summed E-state index contributed by atoms with van der Waals surface area (Å²) in [4.78, 5) is 12.6. The van der Waals surface area contributed by atoms with Gasteiger partial charge in [-0.05, 0) is 31.5 Å². The highest BCUT2D eigenvalue weighted by molar-refractivity contribution is 5.84. The molecule has 1 heterocycles. The molecule has 0 radical (unpaired) electrons. The van der Waals surface area contributed by atoms with Crippen molar-refractivity contribution in [1.82, 2.24) is 9.97 Å². The standard InChI is InChI=1S/C20H21N5O2/c1-12(2)27-14-8-9-15(17(26)10-14)18-16(13-6-4-3-5-7-13)11-23-20(24-18)25-19(21)22/h3-12,26H,1-2H3,(H4,21,22,23,24,25). The van der Waals surface area contributed by atoms with Crippen LogP contribution in [0.25, 0.3) is 22.4 Å². The molecule has 7 heteroatoms. The highest BCUT2D eigenvalue weighted by atomic mass is 16.5. The molecule has 0 spiro atoms. The van der Waals surface area contributed by atoms with Gasteiger partial charge in [0.05, 0.1) is 11.8 Å². The number of aromatic hydroxyl groups is 1. The molecule has 0 amide bonds. The topological polar surface area (TPSA) is 120 Å². The Balaban J connectivity index is 2.16. The Morgan fingerprint density at radius 1 is 1.07 bits per heavy atom. The second kappa shape index (κ2) is 7.74. The zero-order chi connectivity index (χ0) is 19.4. The molecular weight excluding hydrogens is 342 g/mol. The first-order chi connectivity index (χ1) is 12.9. The molecule has 2 aromatic carbocycles. The van der Waals surface area contributed by atoms with Crippen LogP contribution in [0.4, 0.5) is 5.95 Å². The van der Waals surface area contributed by atoms with Crippen molar-refractivity contribution >= 4 is 11.9 Å². The third-order valence-corrected chi connectivity index (χ3v) is 3.69. The van der Waals surface area contributed by atoms with E-state index < -0.39 is 0 Å². The van der Waals surface area contributed by atoms with Gasteiger partial charge in [-0.3, -0.25) is 0 Å². The van der Waals surface area contributed by atoms with Crippen molar-refractivity contribution in [2.24, 2.45) is 16.5 Å². The van der Waals surface area contributed by atoms with Crippen LogP contribution >= 0.6 is 0 Å². The summed E-state index contributed by atoms with van der Waals surface area (Å²) < 4.78 is 5.63. The van der Waals surface area contributed by atoms with E-state index in [2.05, 4.69) is 15.0 Å². The maximum absolute atomic E-state index is 10.6. The molecule has 138 valence electrons. The molecule has 0 aliphatic heterocycles. The maximum atomic E-state index is 10.6. The first kappa shape index (κ1) is 18.2. The van der Waals surface area contributed by atoms with Gasteiger partial charge in [-0.2, -0.15) is 4.99 Å². The average Bonchev–Trinajstić information content (AvgIpc) is 2.61. The van der Waals surface area contributed by atoms with E-state index in [1.54, 1.807) is 24.4 Å². The van der Waals surface area contributed by atoms with Crippen molar-refractivity contribution in [3.05, 3.63) is 54.7 Å². The third kappa shape index (κ3) is 4.33. The van der Waals surface area contributed by atoms with Crippen molar-refractivity contribution < 1.29 is 9.84 Å². The van der Waals surface area contributed by atoms with Crippen molar-refractivity contribution in [2.45, 2.75) is 20.0 Å². The number of guanidine groups is 1. The van der Waals surface area contributed by atoms with Gasteiger partial charge in [0.15, 0.2) is 5.96 Å². The van der Waals surface area contributed by atoms with Crippen molar-refractivity contribution in [2.75, 3.05) is 0 Å². The van der Waals surface area contributed by atoms with Crippen LogP contribution in [-0.2, 0) is 0 Å². The minimum Gasteiger partial charge on any atom is -0.507 e. The normalized spacial score (nSPS) is 10.6. The van der Waals surface area contributed by atoms with E-state index in [1.165, 1.54) is 0 Å². The molecule has 0 saturated carbocycles. The van der Waals surface area contributed by atoms with Gasteiger partial charge in [0.1, 0.15) is 11.5 Å². The molecular formula is C20H21N5O2. The van der Waals surface area contributed by atoms with Crippen molar-refractivity contribution in [3.63, 3.8) is 0 Å². The van der Waals surface area contributed by atoms with Gasteiger partial charge < -0.3 is 21.3 Å². The lowest BCUT2D eigenvalue weighted by Crippen LogP contribution is -2.22. The molecule has 1 aromatic heterocycles. The van der Waals surface area contributed by atoms with Crippen LogP contribution in [0.15, 0.2) is 59.7 Å². The van der Waals surface area contributed by atoms with E-state index in [9.17, 15) is 5.11 Å². The van der Waals surface area contributed by atoms with Crippen LogP contribution in [0.3, 0.4) is 0 Å². The lowest BCUT2D eigenvalue weighted by Gasteiger charge is -2.14. The molecule has 3 rings (SSSR count). The Morgan fingerprint density at radius 3 is 2.44 bits per heavy atom. The molecule has 0 fully saturated rings. The van der Waals surface area contributed by atoms with Crippen LogP contribution in [0.1, 0.15) is 13.8 Å². The number of nitrogens with zero attached hydrogens (tertiary/aromatic N) is 3. The first-order valence-electron chi connectivity index (χ1n) is 8.46. The summed E-state index contributed by atoms with van der Waals surface area (Å²) in [6, 6.07) is 14.7. The minimum atomic E-state index is -0.140. The average molecular weight is 363 g/mol. The highest BCUT2D eigenvalue weighted by Crippen LogP contribution is 2.37. The largest absolute Gasteiger partial charge is 0.507 e. The number of nitrogens with two attached hydrogens (primary N) is 2. The van der Waals surface area contributed by atoms with Crippen LogP contribution in [-0.4, -0.2) is 27.1 Å². The molecule has 27 heavy (non-hydrogen) atoms. The van der Waals surface area contributed by atoms with Gasteiger partial charge in [-0.1, -0.05) is 30.3 Å².